The average molecular weight is 251 g/mol. The van der Waals surface area contributed by atoms with Crippen molar-refractivity contribution in [2.45, 2.75) is 25.2 Å². The van der Waals surface area contributed by atoms with Crippen LogP contribution in [0.25, 0.3) is 0 Å². The summed E-state index contributed by atoms with van der Waals surface area (Å²) in [7, 11) is 1.64. The maximum absolute atomic E-state index is 11.7. The number of hydrogen-bond acceptors (Lipinski definition) is 5. The van der Waals surface area contributed by atoms with Crippen molar-refractivity contribution in [3.05, 3.63) is 35.9 Å². The molecular weight excluding hydrogens is 234 g/mol. The van der Waals surface area contributed by atoms with E-state index < -0.39 is 5.97 Å². The predicted molar refractivity (Wildman–Crippen MR) is 65.0 cm³/mol. The van der Waals surface area contributed by atoms with Gasteiger partial charge in [0.05, 0.1) is 18.2 Å². The second-order valence-corrected chi connectivity index (χ2v) is 4.23. The van der Waals surface area contributed by atoms with Crippen LogP contribution < -0.4 is 5.48 Å². The highest BCUT2D eigenvalue weighted by molar-refractivity contribution is 5.89. The Morgan fingerprint density at radius 3 is 2.72 bits per heavy atom. The molecule has 1 aromatic carbocycles. The number of carbonyl (C=O) groups excluding carboxylic acids is 1. The lowest BCUT2D eigenvalue weighted by Gasteiger charge is -2.39. The second-order valence-electron chi connectivity index (χ2n) is 4.23. The number of rotatable bonds is 5. The Bertz CT molecular complexity index is 393. The quantitative estimate of drug-likeness (QED) is 0.796. The van der Waals surface area contributed by atoms with E-state index in [0.717, 1.165) is 0 Å². The zero-order chi connectivity index (χ0) is 13.0. The Balaban J connectivity index is 1.79. The van der Waals surface area contributed by atoms with E-state index in [-0.39, 0.29) is 18.2 Å². The molecule has 1 aromatic rings. The third-order valence-electron chi connectivity index (χ3n) is 2.96. The topological polar surface area (TPSA) is 56.8 Å². The molecule has 3 unspecified atom stereocenters. The lowest BCUT2D eigenvalue weighted by atomic mass is 10.0. The molecule has 18 heavy (non-hydrogen) atoms. The van der Waals surface area contributed by atoms with Crippen LogP contribution in [0.4, 0.5) is 0 Å². The van der Waals surface area contributed by atoms with Crippen LogP contribution in [0.15, 0.2) is 30.3 Å². The maximum atomic E-state index is 11.7. The first kappa shape index (κ1) is 13.0. The summed E-state index contributed by atoms with van der Waals surface area (Å²) in [6.45, 7) is 2.47. The standard InChI is InChI=1S/C13H17NO4/c1-9(12-11(16-2)8-17-12)14-18-13(15)10-6-4-3-5-7-10/h3-7,9,11-12,14H,8H2,1-2H3. The molecule has 5 nitrogen and oxygen atoms in total. The highest BCUT2D eigenvalue weighted by Gasteiger charge is 2.37. The van der Waals surface area contributed by atoms with Crippen molar-refractivity contribution in [2.24, 2.45) is 0 Å². The summed E-state index contributed by atoms with van der Waals surface area (Å²) in [5.41, 5.74) is 3.20. The van der Waals surface area contributed by atoms with Gasteiger partial charge in [-0.15, -0.1) is 5.48 Å². The van der Waals surface area contributed by atoms with E-state index in [0.29, 0.717) is 12.2 Å². The molecule has 1 heterocycles. The molecule has 2 rings (SSSR count). The van der Waals surface area contributed by atoms with Crippen molar-refractivity contribution in [2.75, 3.05) is 13.7 Å². The predicted octanol–water partition coefficient (Wildman–Crippen LogP) is 1.15. The van der Waals surface area contributed by atoms with Crippen LogP contribution in [0.3, 0.4) is 0 Å². The number of ether oxygens (including phenoxy) is 2. The molecule has 98 valence electrons. The van der Waals surface area contributed by atoms with Gasteiger partial charge in [0.2, 0.25) is 0 Å². The Morgan fingerprint density at radius 1 is 1.44 bits per heavy atom. The average Bonchev–Trinajstić information content (AvgIpc) is 2.36. The van der Waals surface area contributed by atoms with Crippen molar-refractivity contribution in [1.29, 1.82) is 0 Å². The van der Waals surface area contributed by atoms with Gasteiger partial charge in [-0.3, -0.25) is 0 Å². The number of methoxy groups -OCH3 is 1. The molecule has 0 bridgehead atoms. The van der Waals surface area contributed by atoms with Gasteiger partial charge >= 0.3 is 5.97 Å². The fourth-order valence-electron chi connectivity index (χ4n) is 1.80. The molecular formula is C13H17NO4. The van der Waals surface area contributed by atoms with Gasteiger partial charge in [-0.25, -0.2) is 4.79 Å². The fraction of sp³-hybridized carbons (Fsp3) is 0.462. The van der Waals surface area contributed by atoms with Gasteiger partial charge in [0.1, 0.15) is 12.2 Å². The maximum Gasteiger partial charge on any atom is 0.356 e. The molecule has 1 saturated heterocycles. The Kier molecular flexibility index (Phi) is 4.30. The lowest BCUT2D eigenvalue weighted by molar-refractivity contribution is -0.195. The first-order valence-corrected chi connectivity index (χ1v) is 5.88. The van der Waals surface area contributed by atoms with Gasteiger partial charge in [-0.2, -0.15) is 0 Å². The number of hydroxylamine groups is 1. The summed E-state index contributed by atoms with van der Waals surface area (Å²) in [6, 6.07) is 8.71. The first-order chi connectivity index (χ1) is 8.72. The molecule has 0 aliphatic carbocycles. The Morgan fingerprint density at radius 2 is 2.17 bits per heavy atom. The van der Waals surface area contributed by atoms with Gasteiger partial charge in [-0.05, 0) is 19.1 Å². The van der Waals surface area contributed by atoms with Crippen LogP contribution in [0.2, 0.25) is 0 Å². The normalized spacial score (nSPS) is 24.1. The first-order valence-electron chi connectivity index (χ1n) is 5.88. The monoisotopic (exact) mass is 251 g/mol. The van der Waals surface area contributed by atoms with E-state index in [9.17, 15) is 4.79 Å². The van der Waals surface area contributed by atoms with Gasteiger partial charge < -0.3 is 14.3 Å². The van der Waals surface area contributed by atoms with E-state index in [4.69, 9.17) is 14.3 Å². The van der Waals surface area contributed by atoms with Crippen LogP contribution >= 0.6 is 0 Å². The van der Waals surface area contributed by atoms with Crippen molar-refractivity contribution in [3.63, 3.8) is 0 Å². The van der Waals surface area contributed by atoms with Crippen LogP contribution in [0, 0.1) is 0 Å². The Labute approximate surface area is 106 Å². The minimum Gasteiger partial charge on any atom is -0.376 e. The molecule has 1 N–H and O–H groups in total. The van der Waals surface area contributed by atoms with Crippen molar-refractivity contribution >= 4 is 5.97 Å². The van der Waals surface area contributed by atoms with Crippen molar-refractivity contribution in [1.82, 2.24) is 5.48 Å². The molecule has 1 aliphatic heterocycles. The van der Waals surface area contributed by atoms with Gasteiger partial charge in [0.25, 0.3) is 0 Å². The summed E-state index contributed by atoms with van der Waals surface area (Å²) >= 11 is 0. The Hall–Kier alpha value is -1.43. The van der Waals surface area contributed by atoms with E-state index in [1.807, 2.05) is 13.0 Å². The van der Waals surface area contributed by atoms with Crippen LogP contribution in [-0.4, -0.2) is 37.9 Å². The molecule has 3 atom stereocenters. The van der Waals surface area contributed by atoms with E-state index in [2.05, 4.69) is 5.48 Å². The molecule has 0 spiro atoms. The molecule has 1 fully saturated rings. The zero-order valence-electron chi connectivity index (χ0n) is 10.5. The summed E-state index contributed by atoms with van der Waals surface area (Å²) in [5.74, 6) is -0.407. The summed E-state index contributed by atoms with van der Waals surface area (Å²) < 4.78 is 10.6. The SMILES string of the molecule is COC1COC1C(C)NOC(=O)c1ccccc1. The molecule has 1 aliphatic rings. The number of carbonyl (C=O) groups is 1. The van der Waals surface area contributed by atoms with E-state index >= 15 is 0 Å². The lowest BCUT2D eigenvalue weighted by Crippen LogP contribution is -2.56. The second kappa shape index (κ2) is 5.95. The number of hydrogen-bond donors (Lipinski definition) is 1. The van der Waals surface area contributed by atoms with Crippen LogP contribution in [0.1, 0.15) is 17.3 Å². The third kappa shape index (κ3) is 2.87. The molecule has 0 aromatic heterocycles. The van der Waals surface area contributed by atoms with Crippen LogP contribution in [-0.2, 0) is 14.3 Å². The van der Waals surface area contributed by atoms with E-state index in [1.54, 1.807) is 31.4 Å². The minimum atomic E-state index is -0.407. The third-order valence-corrected chi connectivity index (χ3v) is 2.96. The number of benzene rings is 1. The van der Waals surface area contributed by atoms with Gasteiger partial charge in [-0.1, -0.05) is 18.2 Å². The summed E-state index contributed by atoms with van der Waals surface area (Å²) in [5, 5.41) is 0. The molecule has 0 radical (unpaired) electrons. The highest BCUT2D eigenvalue weighted by atomic mass is 16.7. The largest absolute Gasteiger partial charge is 0.376 e. The van der Waals surface area contributed by atoms with Crippen molar-refractivity contribution < 1.29 is 19.1 Å². The zero-order valence-corrected chi connectivity index (χ0v) is 10.5. The van der Waals surface area contributed by atoms with Crippen molar-refractivity contribution in [3.8, 4) is 0 Å². The molecule has 0 saturated carbocycles. The molecule has 0 amide bonds. The highest BCUT2D eigenvalue weighted by Crippen LogP contribution is 2.19. The van der Waals surface area contributed by atoms with Gasteiger partial charge in [0.15, 0.2) is 0 Å². The van der Waals surface area contributed by atoms with Crippen LogP contribution in [0.5, 0.6) is 0 Å². The van der Waals surface area contributed by atoms with Gasteiger partial charge in [0, 0.05) is 7.11 Å². The minimum absolute atomic E-state index is 0.0583. The smallest absolute Gasteiger partial charge is 0.356 e. The number of nitrogens with one attached hydrogen (secondary N) is 1. The summed E-state index contributed by atoms with van der Waals surface area (Å²) in [4.78, 5) is 16.7. The molecule has 5 heteroatoms. The van der Waals surface area contributed by atoms with E-state index in [1.165, 1.54) is 0 Å². The summed E-state index contributed by atoms with van der Waals surface area (Å²) in [6.07, 6.45) is -0.0264. The fourth-order valence-corrected chi connectivity index (χ4v) is 1.80.